The molecule has 0 aliphatic carbocycles. The zero-order valence-corrected chi connectivity index (χ0v) is 12.5. The van der Waals surface area contributed by atoms with E-state index >= 15 is 0 Å². The molecule has 0 radical (unpaired) electrons. The molecule has 0 bridgehead atoms. The number of hydrogen-bond donors (Lipinski definition) is 0. The van der Waals surface area contributed by atoms with Crippen LogP contribution in [0.15, 0.2) is 46.9 Å². The summed E-state index contributed by atoms with van der Waals surface area (Å²) in [6, 6.07) is 11.3. The Bertz CT molecular complexity index is 555. The van der Waals surface area contributed by atoms with Crippen LogP contribution in [0.5, 0.6) is 0 Å². The van der Waals surface area contributed by atoms with Crippen molar-refractivity contribution >= 4 is 31.9 Å². The first-order chi connectivity index (χ1) is 8.56. The van der Waals surface area contributed by atoms with E-state index in [9.17, 15) is 8.78 Å². The van der Waals surface area contributed by atoms with Crippen LogP contribution in [0.25, 0.3) is 0 Å². The van der Waals surface area contributed by atoms with Crippen LogP contribution in [-0.2, 0) is 6.42 Å². The maximum atomic E-state index is 13.1. The molecular formula is C14H10Br2F2. The summed E-state index contributed by atoms with van der Waals surface area (Å²) in [6.45, 7) is 0. The molecule has 0 aliphatic rings. The number of alkyl halides is 1. The second kappa shape index (κ2) is 5.93. The first-order valence-corrected chi connectivity index (χ1v) is 7.10. The SMILES string of the molecule is Fc1cccc(CC(Br)c2ccc(F)c(Br)c2)c1. The lowest BCUT2D eigenvalue weighted by Crippen LogP contribution is -1.96. The predicted molar refractivity (Wildman–Crippen MR) is 75.9 cm³/mol. The first-order valence-electron chi connectivity index (χ1n) is 5.40. The molecule has 0 fully saturated rings. The molecule has 0 aliphatic heterocycles. The number of hydrogen-bond acceptors (Lipinski definition) is 0. The van der Waals surface area contributed by atoms with Crippen LogP contribution in [0.3, 0.4) is 0 Å². The molecule has 4 heteroatoms. The molecule has 0 N–H and O–H groups in total. The molecule has 0 saturated heterocycles. The van der Waals surface area contributed by atoms with Crippen LogP contribution in [0.2, 0.25) is 0 Å². The van der Waals surface area contributed by atoms with E-state index in [1.807, 2.05) is 6.07 Å². The molecule has 0 aromatic heterocycles. The third-order valence-corrected chi connectivity index (χ3v) is 4.07. The molecule has 0 spiro atoms. The van der Waals surface area contributed by atoms with E-state index in [1.165, 1.54) is 18.2 Å². The summed E-state index contributed by atoms with van der Waals surface area (Å²) in [5.74, 6) is -0.531. The van der Waals surface area contributed by atoms with Gasteiger partial charge >= 0.3 is 0 Å². The Morgan fingerprint density at radius 2 is 1.83 bits per heavy atom. The third kappa shape index (κ3) is 3.39. The Labute approximate surface area is 121 Å². The van der Waals surface area contributed by atoms with Crippen LogP contribution in [0.1, 0.15) is 16.0 Å². The normalized spacial score (nSPS) is 12.4. The topological polar surface area (TPSA) is 0 Å². The highest BCUT2D eigenvalue weighted by molar-refractivity contribution is 9.10. The van der Waals surface area contributed by atoms with Crippen LogP contribution in [-0.4, -0.2) is 0 Å². The van der Waals surface area contributed by atoms with E-state index in [-0.39, 0.29) is 16.5 Å². The van der Waals surface area contributed by atoms with Crippen molar-refractivity contribution in [1.82, 2.24) is 0 Å². The van der Waals surface area contributed by atoms with Gasteiger partial charge in [-0.15, -0.1) is 0 Å². The van der Waals surface area contributed by atoms with Gasteiger partial charge in [0.15, 0.2) is 0 Å². The Balaban J connectivity index is 2.16. The second-order valence-electron chi connectivity index (χ2n) is 3.98. The van der Waals surface area contributed by atoms with E-state index in [0.717, 1.165) is 11.1 Å². The standard InChI is InChI=1S/C14H10Br2F2/c15-12(7-9-2-1-3-11(17)6-9)10-4-5-14(18)13(16)8-10/h1-6,8,12H,7H2. The summed E-state index contributed by atoms with van der Waals surface area (Å²) in [4.78, 5) is 0.0243. The molecule has 0 saturated carbocycles. The molecular weight excluding hydrogens is 366 g/mol. The zero-order chi connectivity index (χ0) is 13.1. The summed E-state index contributed by atoms with van der Waals surface area (Å²) < 4.78 is 26.6. The van der Waals surface area contributed by atoms with Crippen molar-refractivity contribution in [3.8, 4) is 0 Å². The van der Waals surface area contributed by atoms with Crippen molar-refractivity contribution in [1.29, 1.82) is 0 Å². The van der Waals surface area contributed by atoms with Crippen molar-refractivity contribution in [2.24, 2.45) is 0 Å². The summed E-state index contributed by atoms with van der Waals surface area (Å²) in [5.41, 5.74) is 1.85. The van der Waals surface area contributed by atoms with Gasteiger partial charge in [0.1, 0.15) is 11.6 Å². The van der Waals surface area contributed by atoms with Crippen molar-refractivity contribution in [3.05, 3.63) is 69.7 Å². The predicted octanol–water partition coefficient (Wildman–Crippen LogP) is 5.41. The van der Waals surface area contributed by atoms with Gasteiger partial charge in [0.25, 0.3) is 0 Å². The minimum atomic E-state index is -0.288. The smallest absolute Gasteiger partial charge is 0.137 e. The maximum Gasteiger partial charge on any atom is 0.137 e. The fraction of sp³-hybridized carbons (Fsp3) is 0.143. The van der Waals surface area contributed by atoms with Crippen LogP contribution >= 0.6 is 31.9 Å². The van der Waals surface area contributed by atoms with Crippen molar-refractivity contribution in [2.45, 2.75) is 11.2 Å². The van der Waals surface area contributed by atoms with Gasteiger partial charge in [-0.3, -0.25) is 0 Å². The molecule has 2 rings (SSSR count). The van der Waals surface area contributed by atoms with Gasteiger partial charge in [-0.25, -0.2) is 8.78 Å². The molecule has 0 amide bonds. The van der Waals surface area contributed by atoms with Gasteiger partial charge in [0.05, 0.1) is 4.47 Å². The average molecular weight is 376 g/mol. The van der Waals surface area contributed by atoms with Crippen LogP contribution in [0, 0.1) is 11.6 Å². The molecule has 94 valence electrons. The number of benzene rings is 2. The molecule has 1 unspecified atom stereocenters. The Kier molecular flexibility index (Phi) is 4.51. The molecule has 2 aromatic rings. The van der Waals surface area contributed by atoms with E-state index in [1.54, 1.807) is 18.2 Å². The Morgan fingerprint density at radius 3 is 2.50 bits per heavy atom. The third-order valence-electron chi connectivity index (χ3n) is 2.61. The van der Waals surface area contributed by atoms with Crippen LogP contribution in [0.4, 0.5) is 8.78 Å². The highest BCUT2D eigenvalue weighted by Crippen LogP contribution is 2.30. The largest absolute Gasteiger partial charge is 0.207 e. The summed E-state index contributed by atoms with van der Waals surface area (Å²) in [6.07, 6.45) is 0.649. The fourth-order valence-electron chi connectivity index (χ4n) is 1.70. The molecule has 1 atom stereocenters. The van der Waals surface area contributed by atoms with Gasteiger partial charge in [-0.1, -0.05) is 34.1 Å². The first kappa shape index (κ1) is 13.7. The van der Waals surface area contributed by atoms with Crippen molar-refractivity contribution < 1.29 is 8.78 Å². The van der Waals surface area contributed by atoms with Crippen molar-refractivity contribution in [3.63, 3.8) is 0 Å². The molecule has 0 nitrogen and oxygen atoms in total. The lowest BCUT2D eigenvalue weighted by molar-refractivity contribution is 0.620. The highest BCUT2D eigenvalue weighted by Gasteiger charge is 2.11. The van der Waals surface area contributed by atoms with Gasteiger partial charge in [0.2, 0.25) is 0 Å². The second-order valence-corrected chi connectivity index (χ2v) is 5.93. The number of rotatable bonds is 3. The molecule has 18 heavy (non-hydrogen) atoms. The molecule has 2 aromatic carbocycles. The van der Waals surface area contributed by atoms with E-state index in [4.69, 9.17) is 0 Å². The minimum Gasteiger partial charge on any atom is -0.207 e. The van der Waals surface area contributed by atoms with E-state index in [2.05, 4.69) is 31.9 Å². The highest BCUT2D eigenvalue weighted by atomic mass is 79.9. The summed E-state index contributed by atoms with van der Waals surface area (Å²) in [5, 5.41) is 0. The summed E-state index contributed by atoms with van der Waals surface area (Å²) in [7, 11) is 0. The zero-order valence-electron chi connectivity index (χ0n) is 9.34. The molecule has 0 heterocycles. The van der Waals surface area contributed by atoms with Gasteiger partial charge in [-0.05, 0) is 57.7 Å². The minimum absolute atomic E-state index is 0.0243. The maximum absolute atomic E-state index is 13.1. The van der Waals surface area contributed by atoms with Gasteiger partial charge in [-0.2, -0.15) is 0 Å². The van der Waals surface area contributed by atoms with E-state index < -0.39 is 0 Å². The van der Waals surface area contributed by atoms with Crippen LogP contribution < -0.4 is 0 Å². The van der Waals surface area contributed by atoms with Gasteiger partial charge < -0.3 is 0 Å². The Morgan fingerprint density at radius 1 is 1.06 bits per heavy atom. The monoisotopic (exact) mass is 374 g/mol. The summed E-state index contributed by atoms with van der Waals surface area (Å²) >= 11 is 6.70. The quantitative estimate of drug-likeness (QED) is 0.629. The lowest BCUT2D eigenvalue weighted by atomic mass is 10.0. The average Bonchev–Trinajstić information content (AvgIpc) is 2.32. The fourth-order valence-corrected chi connectivity index (χ4v) is 2.75. The van der Waals surface area contributed by atoms with Gasteiger partial charge in [0, 0.05) is 4.83 Å². The van der Waals surface area contributed by atoms with Crippen molar-refractivity contribution in [2.75, 3.05) is 0 Å². The number of halogens is 4. The lowest BCUT2D eigenvalue weighted by Gasteiger charge is -2.11. The van der Waals surface area contributed by atoms with E-state index in [0.29, 0.717) is 10.9 Å². The Hall–Kier alpha value is -0.740.